The summed E-state index contributed by atoms with van der Waals surface area (Å²) in [6, 6.07) is 0.725. The minimum absolute atomic E-state index is 0.725. The van der Waals surface area contributed by atoms with Crippen LogP contribution in [0.4, 0.5) is 0 Å². The van der Waals surface area contributed by atoms with E-state index in [1.807, 2.05) is 0 Å². The largest absolute Gasteiger partial charge is 0.381 e. The average Bonchev–Trinajstić information content (AvgIpc) is 2.49. The molecule has 1 heterocycles. The summed E-state index contributed by atoms with van der Waals surface area (Å²) in [5.74, 6) is 2.55. The first kappa shape index (κ1) is 17.2. The Kier molecular flexibility index (Phi) is 7.48. The van der Waals surface area contributed by atoms with Crippen molar-refractivity contribution in [2.24, 2.45) is 17.8 Å². The summed E-state index contributed by atoms with van der Waals surface area (Å²) in [7, 11) is 4.46. The molecule has 1 saturated carbocycles. The molecule has 4 atom stereocenters. The number of ether oxygens (including phenoxy) is 1. The lowest BCUT2D eigenvalue weighted by Gasteiger charge is -2.39. The molecular weight excluding hydrogens is 260 g/mol. The Morgan fingerprint density at radius 3 is 2.67 bits per heavy atom. The zero-order valence-corrected chi connectivity index (χ0v) is 14.4. The van der Waals surface area contributed by atoms with Gasteiger partial charge in [0, 0.05) is 25.7 Å². The summed E-state index contributed by atoms with van der Waals surface area (Å²) >= 11 is 0. The van der Waals surface area contributed by atoms with E-state index in [0.717, 1.165) is 37.0 Å². The van der Waals surface area contributed by atoms with Gasteiger partial charge in [0.2, 0.25) is 0 Å². The lowest BCUT2D eigenvalue weighted by Crippen LogP contribution is -2.45. The molecule has 0 radical (unpaired) electrons. The standard InChI is InChI=1S/C18H36N2O/c1-4-6-15-8-9-18(19-2)17(11-15)13-20(3)12-16-7-5-10-21-14-16/h15-19H,4-14H2,1-3H3. The van der Waals surface area contributed by atoms with Crippen molar-refractivity contribution in [2.75, 3.05) is 40.4 Å². The fourth-order valence-electron chi connectivity index (χ4n) is 4.48. The lowest BCUT2D eigenvalue weighted by atomic mass is 9.76. The summed E-state index contributed by atoms with van der Waals surface area (Å²) < 4.78 is 5.63. The Labute approximate surface area is 131 Å². The number of hydrogen-bond acceptors (Lipinski definition) is 3. The molecule has 3 heteroatoms. The summed E-state index contributed by atoms with van der Waals surface area (Å²) in [5.41, 5.74) is 0. The molecule has 0 aromatic rings. The minimum Gasteiger partial charge on any atom is -0.381 e. The van der Waals surface area contributed by atoms with E-state index in [0.29, 0.717) is 0 Å². The molecule has 1 N–H and O–H groups in total. The molecule has 0 spiro atoms. The molecule has 2 aliphatic rings. The summed E-state index contributed by atoms with van der Waals surface area (Å²) in [5, 5.41) is 3.57. The second-order valence-corrected chi connectivity index (χ2v) is 7.43. The fraction of sp³-hybridized carbons (Fsp3) is 1.00. The van der Waals surface area contributed by atoms with Gasteiger partial charge in [-0.05, 0) is 64.0 Å². The van der Waals surface area contributed by atoms with E-state index in [-0.39, 0.29) is 0 Å². The van der Waals surface area contributed by atoms with Crippen molar-refractivity contribution in [3.63, 3.8) is 0 Å². The predicted octanol–water partition coefficient (Wildman–Crippen LogP) is 3.15. The minimum atomic E-state index is 0.725. The maximum atomic E-state index is 5.63. The van der Waals surface area contributed by atoms with Gasteiger partial charge >= 0.3 is 0 Å². The first-order valence-corrected chi connectivity index (χ1v) is 9.16. The van der Waals surface area contributed by atoms with Gasteiger partial charge in [-0.1, -0.05) is 19.8 Å². The van der Waals surface area contributed by atoms with Crippen LogP contribution in [0.15, 0.2) is 0 Å². The SMILES string of the molecule is CCCC1CCC(NC)C(CN(C)CC2CCCOC2)C1. The van der Waals surface area contributed by atoms with Gasteiger partial charge in [-0.15, -0.1) is 0 Å². The topological polar surface area (TPSA) is 24.5 Å². The van der Waals surface area contributed by atoms with Crippen molar-refractivity contribution in [1.82, 2.24) is 10.2 Å². The molecule has 124 valence electrons. The van der Waals surface area contributed by atoms with E-state index in [1.165, 1.54) is 58.0 Å². The monoisotopic (exact) mass is 296 g/mol. The van der Waals surface area contributed by atoms with Crippen LogP contribution in [-0.2, 0) is 4.74 Å². The number of nitrogens with one attached hydrogen (secondary N) is 1. The Hall–Kier alpha value is -0.120. The summed E-state index contributed by atoms with van der Waals surface area (Å²) in [6.45, 7) is 6.74. The van der Waals surface area contributed by atoms with E-state index in [4.69, 9.17) is 4.74 Å². The highest BCUT2D eigenvalue weighted by Crippen LogP contribution is 2.32. The Morgan fingerprint density at radius 1 is 1.14 bits per heavy atom. The van der Waals surface area contributed by atoms with Gasteiger partial charge in [0.25, 0.3) is 0 Å². The quantitative estimate of drug-likeness (QED) is 0.781. The first-order valence-electron chi connectivity index (χ1n) is 9.16. The molecule has 0 aromatic heterocycles. The molecule has 1 aliphatic heterocycles. The molecule has 3 nitrogen and oxygen atoms in total. The highest BCUT2D eigenvalue weighted by Gasteiger charge is 2.30. The third-order valence-corrected chi connectivity index (χ3v) is 5.53. The third kappa shape index (κ3) is 5.54. The second-order valence-electron chi connectivity index (χ2n) is 7.43. The highest BCUT2D eigenvalue weighted by atomic mass is 16.5. The van der Waals surface area contributed by atoms with Crippen LogP contribution in [0.3, 0.4) is 0 Å². The second kappa shape index (κ2) is 9.12. The van der Waals surface area contributed by atoms with E-state index >= 15 is 0 Å². The number of hydrogen-bond donors (Lipinski definition) is 1. The van der Waals surface area contributed by atoms with Gasteiger partial charge in [-0.3, -0.25) is 0 Å². The van der Waals surface area contributed by atoms with Crippen LogP contribution in [0.25, 0.3) is 0 Å². The molecule has 0 aromatic carbocycles. The normalized spacial score (nSPS) is 34.3. The number of nitrogens with zero attached hydrogens (tertiary/aromatic N) is 1. The van der Waals surface area contributed by atoms with Gasteiger partial charge in [0.15, 0.2) is 0 Å². The van der Waals surface area contributed by atoms with Crippen molar-refractivity contribution >= 4 is 0 Å². The van der Waals surface area contributed by atoms with Crippen LogP contribution in [0.2, 0.25) is 0 Å². The maximum absolute atomic E-state index is 5.63. The zero-order valence-electron chi connectivity index (χ0n) is 14.4. The molecule has 4 unspecified atom stereocenters. The van der Waals surface area contributed by atoms with Crippen molar-refractivity contribution in [3.05, 3.63) is 0 Å². The van der Waals surface area contributed by atoms with E-state index < -0.39 is 0 Å². The van der Waals surface area contributed by atoms with E-state index in [9.17, 15) is 0 Å². The molecule has 1 aliphatic carbocycles. The van der Waals surface area contributed by atoms with Crippen LogP contribution in [0, 0.1) is 17.8 Å². The van der Waals surface area contributed by atoms with Crippen LogP contribution in [-0.4, -0.2) is 51.3 Å². The lowest BCUT2D eigenvalue weighted by molar-refractivity contribution is 0.0371. The van der Waals surface area contributed by atoms with Crippen LogP contribution >= 0.6 is 0 Å². The molecule has 2 rings (SSSR count). The maximum Gasteiger partial charge on any atom is 0.0506 e. The number of rotatable bonds is 7. The van der Waals surface area contributed by atoms with E-state index in [2.05, 4.69) is 31.2 Å². The molecule has 2 fully saturated rings. The van der Waals surface area contributed by atoms with Crippen molar-refractivity contribution in [3.8, 4) is 0 Å². The van der Waals surface area contributed by atoms with E-state index in [1.54, 1.807) is 0 Å². The van der Waals surface area contributed by atoms with Crippen LogP contribution in [0.5, 0.6) is 0 Å². The molecular formula is C18H36N2O. The zero-order chi connectivity index (χ0) is 15.1. The van der Waals surface area contributed by atoms with Crippen LogP contribution in [0.1, 0.15) is 51.9 Å². The summed E-state index contributed by atoms with van der Waals surface area (Å²) in [4.78, 5) is 2.57. The van der Waals surface area contributed by atoms with Gasteiger partial charge in [-0.25, -0.2) is 0 Å². The van der Waals surface area contributed by atoms with Crippen molar-refractivity contribution in [1.29, 1.82) is 0 Å². The molecule has 21 heavy (non-hydrogen) atoms. The first-order chi connectivity index (χ1) is 10.2. The predicted molar refractivity (Wildman–Crippen MR) is 89.6 cm³/mol. The smallest absolute Gasteiger partial charge is 0.0506 e. The van der Waals surface area contributed by atoms with Gasteiger partial charge in [0.1, 0.15) is 0 Å². The van der Waals surface area contributed by atoms with Crippen molar-refractivity contribution < 1.29 is 4.74 Å². The third-order valence-electron chi connectivity index (χ3n) is 5.53. The van der Waals surface area contributed by atoms with Gasteiger partial charge < -0.3 is 15.0 Å². The molecule has 1 saturated heterocycles. The van der Waals surface area contributed by atoms with Crippen molar-refractivity contribution in [2.45, 2.75) is 57.9 Å². The Balaban J connectivity index is 1.79. The molecule has 0 amide bonds. The average molecular weight is 296 g/mol. The van der Waals surface area contributed by atoms with Crippen LogP contribution < -0.4 is 5.32 Å². The highest BCUT2D eigenvalue weighted by molar-refractivity contribution is 4.86. The molecule has 0 bridgehead atoms. The van der Waals surface area contributed by atoms with Gasteiger partial charge in [0.05, 0.1) is 6.61 Å². The Morgan fingerprint density at radius 2 is 2.00 bits per heavy atom. The Bertz CT molecular complexity index is 278. The summed E-state index contributed by atoms with van der Waals surface area (Å²) in [6.07, 6.45) is 9.58. The van der Waals surface area contributed by atoms with Gasteiger partial charge in [-0.2, -0.15) is 0 Å². The fourth-order valence-corrected chi connectivity index (χ4v) is 4.48.